The number of pyridine rings is 1. The summed E-state index contributed by atoms with van der Waals surface area (Å²) < 4.78 is 29.2. The molecule has 2 aromatic heterocycles. The summed E-state index contributed by atoms with van der Waals surface area (Å²) in [6.07, 6.45) is 1.74. The van der Waals surface area contributed by atoms with Gasteiger partial charge in [0.15, 0.2) is 5.82 Å². The van der Waals surface area contributed by atoms with Crippen molar-refractivity contribution in [3.63, 3.8) is 0 Å². The Morgan fingerprint density at radius 1 is 1.24 bits per heavy atom. The third-order valence-corrected chi connectivity index (χ3v) is 4.32. The first-order valence-electron chi connectivity index (χ1n) is 7.66. The quantitative estimate of drug-likeness (QED) is 0.779. The van der Waals surface area contributed by atoms with Gasteiger partial charge in [0.05, 0.1) is 24.6 Å². The molecule has 0 amide bonds. The molecule has 7 heteroatoms. The van der Waals surface area contributed by atoms with Crippen LogP contribution in [-0.2, 0) is 9.31 Å². The lowest BCUT2D eigenvalue weighted by Crippen LogP contribution is -2.41. The molecule has 0 aromatic carbocycles. The van der Waals surface area contributed by atoms with Crippen LogP contribution in [0, 0.1) is 0 Å². The molecule has 1 aliphatic heterocycles. The molecule has 0 saturated carbocycles. The van der Waals surface area contributed by atoms with Crippen LogP contribution in [0.5, 0.6) is 0 Å². The topological polar surface area (TPSA) is 49.2 Å². The molecule has 1 fully saturated rings. The minimum absolute atomic E-state index is 0.00633. The zero-order valence-corrected chi connectivity index (χ0v) is 13.9. The lowest BCUT2D eigenvalue weighted by molar-refractivity contribution is 0.00578. The fraction of sp³-hybridized carbons (Fsp3) is 0.429. The fourth-order valence-electron chi connectivity index (χ4n) is 1.99. The number of aromatic nitrogens is 3. The molecule has 0 radical (unpaired) electrons. The molecule has 0 spiro atoms. The van der Waals surface area contributed by atoms with Crippen molar-refractivity contribution >= 4 is 28.5 Å². The highest BCUT2D eigenvalue weighted by molar-refractivity contribution is 9.10. The van der Waals surface area contributed by atoms with Crippen molar-refractivity contribution < 1.29 is 12.1 Å². The van der Waals surface area contributed by atoms with Gasteiger partial charge in [-0.3, -0.25) is 0 Å². The predicted molar refractivity (Wildman–Crippen MR) is 84.8 cm³/mol. The third kappa shape index (κ3) is 2.65. The van der Waals surface area contributed by atoms with E-state index in [2.05, 4.69) is 26.0 Å². The second-order valence-corrected chi connectivity index (χ2v) is 6.78. The van der Waals surface area contributed by atoms with E-state index in [0.29, 0.717) is 10.3 Å². The van der Waals surface area contributed by atoms with E-state index in [4.69, 9.17) is 12.1 Å². The van der Waals surface area contributed by atoms with Crippen molar-refractivity contribution in [3.8, 4) is 5.82 Å². The Labute approximate surface area is 135 Å². The van der Waals surface area contributed by atoms with Gasteiger partial charge in [-0.25, -0.2) is 9.67 Å². The molecule has 3 heterocycles. The summed E-state index contributed by atoms with van der Waals surface area (Å²) in [5.41, 5.74) is -0.00813. The molecule has 0 atom stereocenters. The Kier molecular flexibility index (Phi) is 2.91. The molecule has 110 valence electrons. The van der Waals surface area contributed by atoms with Crippen LogP contribution in [0.4, 0.5) is 0 Å². The van der Waals surface area contributed by atoms with Crippen LogP contribution in [0.25, 0.3) is 5.82 Å². The summed E-state index contributed by atoms with van der Waals surface area (Å²) >= 11 is 3.16. The Bertz CT molecular complexity index is 733. The van der Waals surface area contributed by atoms with E-state index in [1.807, 2.05) is 33.8 Å². The van der Waals surface area contributed by atoms with Crippen LogP contribution in [0.3, 0.4) is 0 Å². The maximum absolute atomic E-state index is 7.92. The minimum atomic E-state index is -0.479. The number of rotatable bonds is 2. The lowest BCUT2D eigenvalue weighted by Gasteiger charge is -2.32. The molecule has 3 rings (SSSR count). The maximum atomic E-state index is 7.92. The van der Waals surface area contributed by atoms with Gasteiger partial charge >= 0.3 is 7.12 Å². The van der Waals surface area contributed by atoms with E-state index in [9.17, 15) is 0 Å². The van der Waals surface area contributed by atoms with Gasteiger partial charge in [0.2, 0.25) is 0 Å². The fourth-order valence-corrected chi connectivity index (χ4v) is 2.23. The first-order chi connectivity index (χ1) is 10.6. The van der Waals surface area contributed by atoms with Crippen LogP contribution in [0.1, 0.15) is 30.4 Å². The average Bonchev–Trinajstić information content (AvgIpc) is 2.86. The van der Waals surface area contributed by atoms with E-state index >= 15 is 0 Å². The second-order valence-electron chi connectivity index (χ2n) is 5.99. The molecule has 0 aliphatic carbocycles. The highest BCUT2D eigenvalue weighted by atomic mass is 79.9. The predicted octanol–water partition coefficient (Wildman–Crippen LogP) is 2.33. The number of nitrogens with zero attached hydrogens (tertiary/aromatic N) is 3. The SMILES string of the molecule is [2H]c1nn(-c2ccc(B3OC(C)(C)C(C)(C)O3)cn2)c([2H])c1Br. The smallest absolute Gasteiger partial charge is 0.399 e. The van der Waals surface area contributed by atoms with E-state index in [1.54, 1.807) is 12.3 Å². The molecule has 2 aromatic rings. The van der Waals surface area contributed by atoms with Crippen LogP contribution in [-0.4, -0.2) is 33.1 Å². The standard InChI is InChI=1S/C14H17BBrN3O2/c1-13(2)14(3,4)21-15(20-13)10-5-6-12(17-7-10)19-9-11(16)8-18-19/h5-9H,1-4H3/i8D,9D. The number of hydrogen-bond donors (Lipinski definition) is 0. The summed E-state index contributed by atoms with van der Waals surface area (Å²) in [6.45, 7) is 7.99. The Hall–Kier alpha value is -1.18. The first-order valence-corrected chi connectivity index (χ1v) is 7.45. The Morgan fingerprint density at radius 2 is 1.90 bits per heavy atom. The van der Waals surface area contributed by atoms with Gasteiger partial charge in [0, 0.05) is 17.8 Å². The zero-order chi connectivity index (χ0) is 17.0. The molecule has 1 saturated heterocycles. The van der Waals surface area contributed by atoms with Crippen molar-refractivity contribution in [2.75, 3.05) is 0 Å². The van der Waals surface area contributed by atoms with Gasteiger partial charge in [-0.05, 0) is 49.7 Å². The van der Waals surface area contributed by atoms with Gasteiger partial charge in [-0.15, -0.1) is 0 Å². The van der Waals surface area contributed by atoms with E-state index < -0.39 is 18.3 Å². The minimum Gasteiger partial charge on any atom is -0.399 e. The Morgan fingerprint density at radius 3 is 2.38 bits per heavy atom. The van der Waals surface area contributed by atoms with Gasteiger partial charge in [0.25, 0.3) is 0 Å². The molecular weight excluding hydrogens is 333 g/mol. The van der Waals surface area contributed by atoms with Crippen molar-refractivity contribution in [2.24, 2.45) is 0 Å². The van der Waals surface area contributed by atoms with Crippen LogP contribution >= 0.6 is 15.9 Å². The first kappa shape index (κ1) is 12.4. The summed E-state index contributed by atoms with van der Waals surface area (Å²) in [7, 11) is -0.479. The summed E-state index contributed by atoms with van der Waals surface area (Å²) in [4.78, 5) is 4.32. The highest BCUT2D eigenvalue weighted by Gasteiger charge is 2.51. The average molecular weight is 352 g/mol. The molecule has 1 aliphatic rings. The molecule has 21 heavy (non-hydrogen) atoms. The van der Waals surface area contributed by atoms with Crippen LogP contribution in [0.2, 0.25) is 0 Å². The van der Waals surface area contributed by atoms with E-state index in [1.165, 1.54) is 4.68 Å². The lowest BCUT2D eigenvalue weighted by atomic mass is 9.80. The maximum Gasteiger partial charge on any atom is 0.496 e. The molecule has 0 unspecified atom stereocenters. The number of hydrogen-bond acceptors (Lipinski definition) is 4. The summed E-state index contributed by atoms with van der Waals surface area (Å²) in [5.74, 6) is 0.467. The van der Waals surface area contributed by atoms with Gasteiger partial charge in [-0.1, -0.05) is 6.07 Å². The van der Waals surface area contributed by atoms with Crippen molar-refractivity contribution in [2.45, 2.75) is 38.9 Å². The summed E-state index contributed by atoms with van der Waals surface area (Å²) in [6, 6.07) is 3.57. The second kappa shape index (κ2) is 4.93. The molecular formula is C14H17BBrN3O2. The third-order valence-electron chi connectivity index (χ3n) is 3.97. The van der Waals surface area contributed by atoms with E-state index in [0.717, 1.165) is 5.46 Å². The van der Waals surface area contributed by atoms with Gasteiger partial charge in [-0.2, -0.15) is 5.10 Å². The van der Waals surface area contributed by atoms with Crippen molar-refractivity contribution in [1.29, 1.82) is 0 Å². The van der Waals surface area contributed by atoms with Crippen LogP contribution < -0.4 is 5.46 Å². The van der Waals surface area contributed by atoms with Crippen molar-refractivity contribution in [3.05, 3.63) is 35.1 Å². The van der Waals surface area contributed by atoms with Crippen molar-refractivity contribution in [1.82, 2.24) is 14.8 Å². The molecule has 0 bridgehead atoms. The summed E-state index contributed by atoms with van der Waals surface area (Å²) in [5, 5.41) is 3.98. The molecule has 0 N–H and O–H groups in total. The largest absolute Gasteiger partial charge is 0.496 e. The zero-order valence-electron chi connectivity index (χ0n) is 14.3. The normalized spacial score (nSPS) is 21.3. The Balaban J connectivity index is 1.88. The monoisotopic (exact) mass is 351 g/mol. The van der Waals surface area contributed by atoms with Gasteiger partial charge in [0.1, 0.15) is 0 Å². The molecule has 5 nitrogen and oxygen atoms in total. The highest BCUT2D eigenvalue weighted by Crippen LogP contribution is 2.36. The van der Waals surface area contributed by atoms with E-state index in [-0.39, 0.29) is 12.3 Å². The van der Waals surface area contributed by atoms with Gasteiger partial charge < -0.3 is 9.31 Å². The number of halogens is 1. The van der Waals surface area contributed by atoms with Crippen LogP contribution in [0.15, 0.2) is 35.1 Å².